The van der Waals surface area contributed by atoms with Crippen LogP contribution < -0.4 is 10.0 Å². The molecule has 0 spiro atoms. The Morgan fingerprint density at radius 1 is 1.12 bits per heavy atom. The van der Waals surface area contributed by atoms with Crippen molar-refractivity contribution in [2.24, 2.45) is 0 Å². The molecular weight excluding hydrogens is 334 g/mol. The zero-order valence-corrected chi connectivity index (χ0v) is 13.2. The summed E-state index contributed by atoms with van der Waals surface area (Å²) in [6.45, 7) is 0. The van der Waals surface area contributed by atoms with E-state index in [2.05, 4.69) is 15.0 Å². The second-order valence-corrected chi connectivity index (χ2v) is 7.39. The molecule has 1 aromatic heterocycles. The minimum atomic E-state index is -3.46. The van der Waals surface area contributed by atoms with Gasteiger partial charge in [-0.15, -0.1) is 0 Å². The summed E-state index contributed by atoms with van der Waals surface area (Å²) in [7, 11) is -3.46. The molecule has 1 fully saturated rings. The highest BCUT2D eigenvalue weighted by Gasteiger charge is 2.36. The van der Waals surface area contributed by atoms with Gasteiger partial charge >= 0.3 is 0 Å². The number of carbonyl (C=O) groups excluding carboxylic acids is 1. The van der Waals surface area contributed by atoms with Crippen LogP contribution in [0.25, 0.3) is 0 Å². The summed E-state index contributed by atoms with van der Waals surface area (Å²) in [6, 6.07) is 6.63. The Hall–Kier alpha value is -2.81. The number of hydrogen-bond donors (Lipinski definition) is 4. The summed E-state index contributed by atoms with van der Waals surface area (Å²) < 4.78 is 26.2. The van der Waals surface area contributed by atoms with Crippen LogP contribution in [0.5, 0.6) is 11.5 Å². The molecule has 1 aliphatic rings. The summed E-state index contributed by atoms with van der Waals surface area (Å²) >= 11 is 0. The lowest BCUT2D eigenvalue weighted by Crippen LogP contribution is -2.19. The Kier molecular flexibility index (Phi) is 4.02. The van der Waals surface area contributed by atoms with Crippen LogP contribution in [0.3, 0.4) is 0 Å². The van der Waals surface area contributed by atoms with E-state index in [-0.39, 0.29) is 28.6 Å². The molecular formula is C15H15N3O5S. The third-order valence-electron chi connectivity index (χ3n) is 3.47. The number of anilines is 2. The molecule has 1 aromatic carbocycles. The molecule has 0 atom stereocenters. The van der Waals surface area contributed by atoms with Crippen molar-refractivity contribution < 1.29 is 23.4 Å². The van der Waals surface area contributed by atoms with Gasteiger partial charge in [-0.2, -0.15) is 0 Å². The molecule has 3 rings (SSSR count). The number of amides is 1. The van der Waals surface area contributed by atoms with Gasteiger partial charge in [0.1, 0.15) is 5.82 Å². The molecule has 1 aliphatic carbocycles. The fourth-order valence-corrected chi connectivity index (χ4v) is 3.37. The van der Waals surface area contributed by atoms with E-state index < -0.39 is 21.2 Å². The first-order chi connectivity index (χ1) is 11.3. The monoisotopic (exact) mass is 349 g/mol. The van der Waals surface area contributed by atoms with E-state index in [0.29, 0.717) is 12.8 Å². The maximum absolute atomic E-state index is 12.2. The standard InChI is InChI=1S/C15H15N3O5S/c19-12-4-1-10(8-13(12)20)17-15(21)9-5-6-16-14(7-9)18-24(22,23)11-2-3-11/h1,4-8,11,19-20H,2-3H2,(H,16,18)(H,17,21). The van der Waals surface area contributed by atoms with Crippen molar-refractivity contribution in [1.29, 1.82) is 0 Å². The molecule has 8 nitrogen and oxygen atoms in total. The molecule has 126 valence electrons. The predicted octanol–water partition coefficient (Wildman–Crippen LogP) is 1.65. The molecule has 24 heavy (non-hydrogen) atoms. The zero-order chi connectivity index (χ0) is 17.3. The molecule has 2 aromatic rings. The number of benzene rings is 1. The van der Waals surface area contributed by atoms with E-state index in [1.54, 1.807) is 0 Å². The topological polar surface area (TPSA) is 129 Å². The van der Waals surface area contributed by atoms with Gasteiger partial charge in [0.2, 0.25) is 10.0 Å². The van der Waals surface area contributed by atoms with Crippen molar-refractivity contribution in [3.8, 4) is 11.5 Å². The maximum Gasteiger partial charge on any atom is 0.255 e. The number of aromatic hydroxyl groups is 2. The number of nitrogens with zero attached hydrogens (tertiary/aromatic N) is 1. The summed E-state index contributed by atoms with van der Waals surface area (Å²) in [5.74, 6) is -1.09. The molecule has 0 bridgehead atoms. The first-order valence-corrected chi connectivity index (χ1v) is 8.71. The van der Waals surface area contributed by atoms with Crippen LogP contribution in [0.15, 0.2) is 36.5 Å². The van der Waals surface area contributed by atoms with Crippen molar-refractivity contribution in [3.63, 3.8) is 0 Å². The number of nitrogens with one attached hydrogen (secondary N) is 2. The number of phenolic OH excluding ortho intramolecular Hbond substituents is 2. The highest BCUT2D eigenvalue weighted by molar-refractivity contribution is 7.93. The van der Waals surface area contributed by atoms with Crippen LogP contribution in [-0.2, 0) is 10.0 Å². The fourth-order valence-electron chi connectivity index (χ4n) is 2.04. The first-order valence-electron chi connectivity index (χ1n) is 7.16. The van der Waals surface area contributed by atoms with E-state index in [1.165, 1.54) is 36.5 Å². The van der Waals surface area contributed by atoms with Crippen LogP contribution in [0.2, 0.25) is 0 Å². The van der Waals surface area contributed by atoms with E-state index in [4.69, 9.17) is 0 Å². The SMILES string of the molecule is O=C(Nc1ccc(O)c(O)c1)c1ccnc(NS(=O)(=O)C2CC2)c1. The first kappa shape index (κ1) is 16.1. The molecule has 9 heteroatoms. The molecule has 1 saturated carbocycles. The van der Waals surface area contributed by atoms with Gasteiger partial charge in [0.05, 0.1) is 5.25 Å². The Morgan fingerprint density at radius 3 is 2.54 bits per heavy atom. The molecule has 0 aliphatic heterocycles. The van der Waals surface area contributed by atoms with Crippen LogP contribution in [0.4, 0.5) is 11.5 Å². The Bertz CT molecular complexity index is 894. The summed E-state index contributed by atoms with van der Waals surface area (Å²) in [4.78, 5) is 16.1. The molecule has 1 heterocycles. The average molecular weight is 349 g/mol. The van der Waals surface area contributed by atoms with Crippen molar-refractivity contribution in [1.82, 2.24) is 4.98 Å². The highest BCUT2D eigenvalue weighted by atomic mass is 32.2. The van der Waals surface area contributed by atoms with Gasteiger partial charge in [0, 0.05) is 23.5 Å². The fraction of sp³-hybridized carbons (Fsp3) is 0.200. The van der Waals surface area contributed by atoms with Gasteiger partial charge in [0.25, 0.3) is 5.91 Å². The van der Waals surface area contributed by atoms with Crippen LogP contribution in [0.1, 0.15) is 23.2 Å². The molecule has 0 radical (unpaired) electrons. The number of phenols is 2. The summed E-state index contributed by atoms with van der Waals surface area (Å²) in [5, 5.41) is 20.8. The normalized spacial score (nSPS) is 14.2. The van der Waals surface area contributed by atoms with Crippen molar-refractivity contribution in [3.05, 3.63) is 42.1 Å². The number of pyridine rings is 1. The van der Waals surface area contributed by atoms with Gasteiger partial charge in [-0.3, -0.25) is 9.52 Å². The van der Waals surface area contributed by atoms with E-state index in [0.717, 1.165) is 0 Å². The molecule has 0 unspecified atom stereocenters. The van der Waals surface area contributed by atoms with Gasteiger partial charge in [-0.25, -0.2) is 13.4 Å². The van der Waals surface area contributed by atoms with Crippen molar-refractivity contribution in [2.45, 2.75) is 18.1 Å². The number of aromatic nitrogens is 1. The van der Waals surface area contributed by atoms with E-state index in [1.807, 2.05) is 0 Å². The molecule has 1 amide bonds. The number of hydrogen-bond acceptors (Lipinski definition) is 6. The number of rotatable bonds is 5. The number of carbonyl (C=O) groups is 1. The smallest absolute Gasteiger partial charge is 0.255 e. The predicted molar refractivity (Wildman–Crippen MR) is 87.5 cm³/mol. The molecule has 4 N–H and O–H groups in total. The Labute approximate surface area is 138 Å². The second kappa shape index (κ2) is 6.00. The lowest BCUT2D eigenvalue weighted by molar-refractivity contribution is 0.102. The van der Waals surface area contributed by atoms with Crippen LogP contribution in [0, 0.1) is 0 Å². The Morgan fingerprint density at radius 2 is 1.88 bits per heavy atom. The summed E-state index contributed by atoms with van der Waals surface area (Å²) in [6.07, 6.45) is 2.58. The minimum absolute atomic E-state index is 0.0723. The van der Waals surface area contributed by atoms with Gasteiger partial charge < -0.3 is 15.5 Å². The quantitative estimate of drug-likeness (QED) is 0.480. The van der Waals surface area contributed by atoms with Gasteiger partial charge in [0.15, 0.2) is 11.5 Å². The largest absolute Gasteiger partial charge is 0.504 e. The van der Waals surface area contributed by atoms with Gasteiger partial charge in [-0.05, 0) is 37.1 Å². The third kappa shape index (κ3) is 3.57. The zero-order valence-electron chi connectivity index (χ0n) is 12.4. The third-order valence-corrected chi connectivity index (χ3v) is 5.31. The maximum atomic E-state index is 12.2. The lowest BCUT2D eigenvalue weighted by atomic mass is 10.2. The summed E-state index contributed by atoms with van der Waals surface area (Å²) in [5.41, 5.74) is 0.485. The second-order valence-electron chi connectivity index (χ2n) is 5.43. The van der Waals surface area contributed by atoms with E-state index in [9.17, 15) is 23.4 Å². The highest BCUT2D eigenvalue weighted by Crippen LogP contribution is 2.30. The van der Waals surface area contributed by atoms with Crippen molar-refractivity contribution in [2.75, 3.05) is 10.0 Å². The van der Waals surface area contributed by atoms with Crippen LogP contribution >= 0.6 is 0 Å². The van der Waals surface area contributed by atoms with Gasteiger partial charge in [-0.1, -0.05) is 0 Å². The van der Waals surface area contributed by atoms with Crippen LogP contribution in [-0.4, -0.2) is 34.8 Å². The van der Waals surface area contributed by atoms with E-state index >= 15 is 0 Å². The average Bonchev–Trinajstić information content (AvgIpc) is 3.36. The Balaban J connectivity index is 1.75. The van der Waals surface area contributed by atoms with Crippen molar-refractivity contribution >= 4 is 27.4 Å². The minimum Gasteiger partial charge on any atom is -0.504 e. The molecule has 0 saturated heterocycles. The lowest BCUT2D eigenvalue weighted by Gasteiger charge is -2.09. The number of sulfonamides is 1.